The highest BCUT2D eigenvalue weighted by Crippen LogP contribution is 2.36. The van der Waals surface area contributed by atoms with Crippen LogP contribution in [0.15, 0.2) is 52.3 Å². The van der Waals surface area contributed by atoms with E-state index < -0.39 is 61.1 Å². The molecular weight excluding hydrogens is 595 g/mol. The Morgan fingerprint density at radius 1 is 0.674 bits per heavy atom. The van der Waals surface area contributed by atoms with Gasteiger partial charge in [0.1, 0.15) is 11.2 Å². The van der Waals surface area contributed by atoms with E-state index in [9.17, 15) is 26.4 Å². The molecule has 1 aliphatic heterocycles. The second-order valence-electron chi connectivity index (χ2n) is 13.5. The van der Waals surface area contributed by atoms with Crippen molar-refractivity contribution in [1.82, 2.24) is 0 Å². The Hall–Kier alpha value is -2.74. The first-order valence-electron chi connectivity index (χ1n) is 13.6. The maximum atomic E-state index is 12.5. The highest BCUT2D eigenvalue weighted by atomic mass is 32.2. The number of hydrogen-bond donors (Lipinski definition) is 0. The van der Waals surface area contributed by atoms with E-state index in [1.165, 1.54) is 36.4 Å². The van der Waals surface area contributed by atoms with Crippen molar-refractivity contribution in [2.75, 3.05) is 12.5 Å². The molecule has 1 saturated heterocycles. The van der Waals surface area contributed by atoms with Crippen LogP contribution in [-0.4, -0.2) is 70.8 Å². The normalized spacial score (nSPS) is 16.6. The van der Waals surface area contributed by atoms with Gasteiger partial charge in [0.15, 0.2) is 19.7 Å². The molecule has 0 aliphatic carbocycles. The van der Waals surface area contributed by atoms with Crippen LogP contribution in [0, 0.1) is 0 Å². The summed E-state index contributed by atoms with van der Waals surface area (Å²) >= 11 is 0. The van der Waals surface area contributed by atoms with E-state index >= 15 is 0 Å². The van der Waals surface area contributed by atoms with Gasteiger partial charge < -0.3 is 18.8 Å². The summed E-state index contributed by atoms with van der Waals surface area (Å²) < 4.78 is 69.3. The van der Waals surface area contributed by atoms with Crippen LogP contribution in [0.5, 0.6) is 0 Å². The van der Waals surface area contributed by atoms with E-state index in [-0.39, 0.29) is 20.9 Å². The number of sulfone groups is 2. The van der Waals surface area contributed by atoms with Gasteiger partial charge in [0.2, 0.25) is 0 Å². The van der Waals surface area contributed by atoms with Crippen LogP contribution in [0.4, 0.5) is 0 Å². The van der Waals surface area contributed by atoms with Crippen LogP contribution in [0.2, 0.25) is 0 Å². The molecule has 0 atom stereocenters. The lowest BCUT2D eigenvalue weighted by Crippen LogP contribution is -2.41. The number of carbonyl (C=O) groups excluding carboxylic acids is 2. The molecule has 238 valence electrons. The average Bonchev–Trinajstić information content (AvgIpc) is 3.03. The third-order valence-electron chi connectivity index (χ3n) is 6.41. The van der Waals surface area contributed by atoms with Crippen molar-refractivity contribution in [3.05, 3.63) is 53.6 Å². The quantitative estimate of drug-likeness (QED) is 0.342. The van der Waals surface area contributed by atoms with Gasteiger partial charge in [0.25, 0.3) is 0 Å². The Bertz CT molecular complexity index is 1560. The predicted octanol–water partition coefficient (Wildman–Crippen LogP) is 4.39. The van der Waals surface area contributed by atoms with Gasteiger partial charge in [0, 0.05) is 12.5 Å². The minimum absolute atomic E-state index is 0.0190. The number of hydrogen-bond acceptors (Lipinski definition) is 10. The second kappa shape index (κ2) is 12.3. The van der Waals surface area contributed by atoms with Crippen molar-refractivity contribution < 1.29 is 45.2 Å². The summed E-state index contributed by atoms with van der Waals surface area (Å²) in [5.74, 6) is -1.12. The summed E-state index contributed by atoms with van der Waals surface area (Å²) in [4.78, 5) is 24.3. The molecule has 2 aromatic carbocycles. The van der Waals surface area contributed by atoms with Crippen LogP contribution in [0.1, 0.15) is 90.0 Å². The molecule has 0 amide bonds. The molecule has 0 saturated carbocycles. The fourth-order valence-corrected chi connectivity index (χ4v) is 4.95. The average molecular weight is 639 g/mol. The summed E-state index contributed by atoms with van der Waals surface area (Å²) in [6.07, 6.45) is 2.19. The van der Waals surface area contributed by atoms with Crippen molar-refractivity contribution in [3.8, 4) is 0 Å². The maximum Gasteiger partial charge on any atom is 0.494 e. The molecule has 10 nitrogen and oxygen atoms in total. The SMILES string of the molecule is CC(C)(C)OC(=O)c1cc(B2OC(C)(C)C(C)(C)O2)cc(S(C)(=O)=O)c1.CC(C)(C)OC(=O)c1cccc(S(C)(=O)=O)c1. The molecule has 1 fully saturated rings. The number of rotatable bonds is 5. The van der Waals surface area contributed by atoms with Crippen LogP contribution >= 0.6 is 0 Å². The van der Waals surface area contributed by atoms with Crippen molar-refractivity contribution in [2.45, 2.75) is 101 Å². The maximum absolute atomic E-state index is 12.5. The van der Waals surface area contributed by atoms with E-state index in [0.717, 1.165) is 12.5 Å². The molecular formula is C30H43BO10S2. The molecule has 2 aromatic rings. The largest absolute Gasteiger partial charge is 0.494 e. The van der Waals surface area contributed by atoms with Gasteiger partial charge in [-0.25, -0.2) is 26.4 Å². The zero-order valence-electron chi connectivity index (χ0n) is 27.0. The fraction of sp³-hybridized carbons (Fsp3) is 0.533. The molecule has 0 N–H and O–H groups in total. The van der Waals surface area contributed by atoms with Gasteiger partial charge >= 0.3 is 19.1 Å². The molecule has 3 rings (SSSR count). The summed E-state index contributed by atoms with van der Waals surface area (Å²) in [5, 5.41) is 0. The Morgan fingerprint density at radius 3 is 1.51 bits per heavy atom. The monoisotopic (exact) mass is 638 g/mol. The smallest absolute Gasteiger partial charge is 0.456 e. The number of carbonyl (C=O) groups is 2. The number of benzene rings is 2. The van der Waals surface area contributed by atoms with Gasteiger partial charge in [-0.2, -0.15) is 0 Å². The highest BCUT2D eigenvalue weighted by Gasteiger charge is 2.52. The van der Waals surface area contributed by atoms with Crippen molar-refractivity contribution in [1.29, 1.82) is 0 Å². The second-order valence-corrected chi connectivity index (χ2v) is 17.5. The van der Waals surface area contributed by atoms with E-state index in [1.807, 2.05) is 27.7 Å². The minimum atomic E-state index is -3.53. The van der Waals surface area contributed by atoms with Crippen LogP contribution in [0.3, 0.4) is 0 Å². The Morgan fingerprint density at radius 2 is 1.09 bits per heavy atom. The van der Waals surface area contributed by atoms with Crippen LogP contribution in [-0.2, 0) is 38.5 Å². The topological polar surface area (TPSA) is 139 Å². The number of ether oxygens (including phenoxy) is 2. The van der Waals surface area contributed by atoms with Gasteiger partial charge in [-0.3, -0.25) is 0 Å². The lowest BCUT2D eigenvalue weighted by Gasteiger charge is -2.32. The highest BCUT2D eigenvalue weighted by molar-refractivity contribution is 7.91. The van der Waals surface area contributed by atoms with E-state index in [2.05, 4.69) is 0 Å². The summed E-state index contributed by atoms with van der Waals surface area (Å²) in [7, 11) is -7.62. The van der Waals surface area contributed by atoms with E-state index in [0.29, 0.717) is 5.46 Å². The van der Waals surface area contributed by atoms with Crippen LogP contribution in [0.25, 0.3) is 0 Å². The summed E-state index contributed by atoms with van der Waals surface area (Å²) in [6.45, 7) is 18.1. The molecule has 1 heterocycles. The lowest BCUT2D eigenvalue weighted by atomic mass is 9.78. The van der Waals surface area contributed by atoms with E-state index in [1.54, 1.807) is 47.6 Å². The van der Waals surface area contributed by atoms with E-state index in [4.69, 9.17) is 18.8 Å². The van der Waals surface area contributed by atoms with Gasteiger partial charge in [-0.1, -0.05) is 6.07 Å². The zero-order chi connectivity index (χ0) is 33.4. The standard InChI is InChI=1S/C18H27BO6S.C12H16O4S/c1-16(2,3)23-15(20)12-9-13(11-14(10-12)26(8,21)22)19-24-17(4,5)18(6,7)25-19;1-12(2,3)16-11(13)9-6-5-7-10(8-9)17(4,14)15/h9-11H,1-8H3;5-8H,1-4H3. The molecule has 13 heteroatoms. The summed E-state index contributed by atoms with van der Waals surface area (Å²) in [6, 6.07) is 10.2. The van der Waals surface area contributed by atoms with Gasteiger partial charge in [0.05, 0.1) is 32.1 Å². The Labute approximate surface area is 256 Å². The zero-order valence-corrected chi connectivity index (χ0v) is 28.7. The summed E-state index contributed by atoms with van der Waals surface area (Å²) in [5.41, 5.74) is -1.60. The van der Waals surface area contributed by atoms with Crippen LogP contribution < -0.4 is 5.46 Å². The minimum Gasteiger partial charge on any atom is -0.456 e. The first-order valence-corrected chi connectivity index (χ1v) is 17.4. The fourth-order valence-electron chi connectivity index (χ4n) is 3.60. The van der Waals surface area contributed by atoms with Crippen molar-refractivity contribution in [2.24, 2.45) is 0 Å². The van der Waals surface area contributed by atoms with Gasteiger partial charge in [-0.05, 0) is 111 Å². The van der Waals surface area contributed by atoms with Gasteiger partial charge in [-0.15, -0.1) is 0 Å². The predicted molar refractivity (Wildman–Crippen MR) is 165 cm³/mol. The first kappa shape index (κ1) is 36.5. The molecule has 0 unspecified atom stereocenters. The van der Waals surface area contributed by atoms with Crippen molar-refractivity contribution in [3.63, 3.8) is 0 Å². The lowest BCUT2D eigenvalue weighted by molar-refractivity contribution is 0.00567. The van der Waals surface area contributed by atoms with Crippen molar-refractivity contribution >= 4 is 44.2 Å². The molecule has 0 aromatic heterocycles. The molecule has 1 aliphatic rings. The molecule has 0 bridgehead atoms. The Kier molecular flexibility index (Phi) is 10.5. The third-order valence-corrected chi connectivity index (χ3v) is 8.62. The number of esters is 2. The first-order chi connectivity index (χ1) is 19.1. The molecule has 0 spiro atoms. The third kappa shape index (κ3) is 10.4. The molecule has 43 heavy (non-hydrogen) atoms. The molecule has 0 radical (unpaired) electrons. The Balaban J connectivity index is 0.000000329.